The van der Waals surface area contributed by atoms with E-state index in [4.69, 9.17) is 0 Å². The van der Waals surface area contributed by atoms with Crippen LogP contribution in [-0.2, 0) is 0 Å². The lowest BCUT2D eigenvalue weighted by Crippen LogP contribution is -2.39. The fourth-order valence-electron chi connectivity index (χ4n) is 3.86. The normalized spacial score (nSPS) is 33.5. The van der Waals surface area contributed by atoms with Gasteiger partial charge in [-0.2, -0.15) is 0 Å². The van der Waals surface area contributed by atoms with Crippen molar-refractivity contribution in [2.24, 2.45) is 11.8 Å². The fraction of sp³-hybridized carbons (Fsp3) is 1.00. The van der Waals surface area contributed by atoms with E-state index >= 15 is 0 Å². The molecule has 0 aromatic heterocycles. The summed E-state index contributed by atoms with van der Waals surface area (Å²) in [4.78, 5) is 2.53. The van der Waals surface area contributed by atoms with Gasteiger partial charge in [-0.15, -0.1) is 0 Å². The highest BCUT2D eigenvalue weighted by molar-refractivity contribution is 4.78. The van der Waals surface area contributed by atoms with E-state index in [0.29, 0.717) is 18.4 Å². The van der Waals surface area contributed by atoms with Gasteiger partial charge in [0.25, 0.3) is 0 Å². The smallest absolute Gasteiger partial charge is 0.0462 e. The Morgan fingerprint density at radius 1 is 1.05 bits per heavy atom. The van der Waals surface area contributed by atoms with Crippen molar-refractivity contribution >= 4 is 0 Å². The van der Waals surface area contributed by atoms with Crippen LogP contribution in [-0.4, -0.2) is 49.3 Å². The fourth-order valence-corrected chi connectivity index (χ4v) is 3.86. The summed E-state index contributed by atoms with van der Waals surface area (Å²) >= 11 is 0. The Kier molecular flexibility index (Phi) is 6.62. The molecule has 0 spiro atoms. The van der Waals surface area contributed by atoms with E-state index in [0.717, 1.165) is 19.1 Å². The third-order valence-electron chi connectivity index (χ3n) is 5.28. The van der Waals surface area contributed by atoms with Gasteiger partial charge in [0.1, 0.15) is 0 Å². The molecule has 0 radical (unpaired) electrons. The Balaban J connectivity index is 1.60. The van der Waals surface area contributed by atoms with Crippen molar-refractivity contribution in [3.8, 4) is 0 Å². The number of aliphatic hydroxyl groups excluding tert-OH is 1. The minimum absolute atomic E-state index is 0.387. The lowest BCUT2D eigenvalue weighted by atomic mass is 9.79. The molecule has 3 atom stereocenters. The quantitative estimate of drug-likeness (QED) is 0.725. The Labute approximate surface area is 118 Å². The molecule has 0 amide bonds. The van der Waals surface area contributed by atoms with Crippen molar-refractivity contribution in [1.82, 2.24) is 10.2 Å². The van der Waals surface area contributed by atoms with Crippen LogP contribution in [0, 0.1) is 11.8 Å². The van der Waals surface area contributed by atoms with E-state index in [1.54, 1.807) is 0 Å². The van der Waals surface area contributed by atoms with E-state index in [-0.39, 0.29) is 0 Å². The molecule has 1 aliphatic carbocycles. The molecule has 1 heterocycles. The first kappa shape index (κ1) is 15.3. The summed E-state index contributed by atoms with van der Waals surface area (Å²) in [7, 11) is 2.27. The molecule has 2 fully saturated rings. The average molecular weight is 268 g/mol. The molecule has 2 rings (SSSR count). The topological polar surface area (TPSA) is 35.5 Å². The highest BCUT2D eigenvalue weighted by Gasteiger charge is 2.24. The van der Waals surface area contributed by atoms with Gasteiger partial charge < -0.3 is 15.3 Å². The van der Waals surface area contributed by atoms with Gasteiger partial charge in [-0.25, -0.2) is 0 Å². The minimum atomic E-state index is 0.387. The van der Waals surface area contributed by atoms with Gasteiger partial charge in [0, 0.05) is 12.6 Å². The Morgan fingerprint density at radius 3 is 2.53 bits per heavy atom. The van der Waals surface area contributed by atoms with Crippen LogP contribution < -0.4 is 5.32 Å². The van der Waals surface area contributed by atoms with Gasteiger partial charge in [0.05, 0.1) is 0 Å². The van der Waals surface area contributed by atoms with Crippen molar-refractivity contribution in [2.75, 3.05) is 33.3 Å². The molecule has 1 saturated heterocycles. The van der Waals surface area contributed by atoms with Gasteiger partial charge in [0.2, 0.25) is 0 Å². The van der Waals surface area contributed by atoms with E-state index in [1.807, 2.05) is 0 Å². The summed E-state index contributed by atoms with van der Waals surface area (Å²) in [6, 6.07) is 0.793. The number of hydrogen-bond donors (Lipinski definition) is 2. The third-order valence-corrected chi connectivity index (χ3v) is 5.28. The second-order valence-corrected chi connectivity index (χ2v) is 6.61. The van der Waals surface area contributed by atoms with Crippen LogP contribution in [0.4, 0.5) is 0 Å². The Morgan fingerprint density at radius 2 is 1.79 bits per heavy atom. The molecule has 3 unspecified atom stereocenters. The number of nitrogens with one attached hydrogen (secondary N) is 1. The van der Waals surface area contributed by atoms with Crippen molar-refractivity contribution in [3.63, 3.8) is 0 Å². The Bertz CT molecular complexity index is 247. The summed E-state index contributed by atoms with van der Waals surface area (Å²) in [5.74, 6) is 1.27. The zero-order valence-corrected chi connectivity index (χ0v) is 12.6. The summed E-state index contributed by atoms with van der Waals surface area (Å²) in [5, 5.41) is 13.1. The van der Waals surface area contributed by atoms with Crippen molar-refractivity contribution < 1.29 is 5.11 Å². The first-order chi connectivity index (χ1) is 9.31. The lowest BCUT2D eigenvalue weighted by Gasteiger charge is -2.33. The van der Waals surface area contributed by atoms with Crippen LogP contribution in [0.3, 0.4) is 0 Å². The molecule has 3 nitrogen and oxygen atoms in total. The Hall–Kier alpha value is -0.120. The third kappa shape index (κ3) is 4.73. The highest BCUT2D eigenvalue weighted by Crippen LogP contribution is 2.29. The van der Waals surface area contributed by atoms with Gasteiger partial charge in [-0.05, 0) is 70.6 Å². The summed E-state index contributed by atoms with van der Waals surface area (Å²) in [6.07, 6.45) is 10.7. The number of rotatable bonds is 6. The van der Waals surface area contributed by atoms with Crippen LogP contribution in [0.5, 0.6) is 0 Å². The maximum Gasteiger partial charge on any atom is 0.0462 e. The predicted molar refractivity (Wildman–Crippen MR) is 80.3 cm³/mol. The zero-order valence-electron chi connectivity index (χ0n) is 12.6. The number of piperidine rings is 1. The number of nitrogens with zero attached hydrogens (tertiary/aromatic N) is 1. The molecule has 0 aromatic rings. The molecule has 0 bridgehead atoms. The monoisotopic (exact) mass is 268 g/mol. The number of likely N-dealkylation sites (tertiary alicyclic amines) is 1. The second kappa shape index (κ2) is 8.23. The van der Waals surface area contributed by atoms with Crippen molar-refractivity contribution in [2.45, 2.75) is 57.4 Å². The van der Waals surface area contributed by atoms with Crippen LogP contribution >= 0.6 is 0 Å². The SMILES string of the molecule is CN1CCCCC1CCNCC1CCCCC1CO. The first-order valence-corrected chi connectivity index (χ1v) is 8.33. The lowest BCUT2D eigenvalue weighted by molar-refractivity contribution is 0.131. The van der Waals surface area contributed by atoms with E-state index in [9.17, 15) is 5.11 Å². The molecule has 0 aromatic carbocycles. The summed E-state index contributed by atoms with van der Waals surface area (Å²) in [5.41, 5.74) is 0. The van der Waals surface area contributed by atoms with Crippen LogP contribution in [0.15, 0.2) is 0 Å². The van der Waals surface area contributed by atoms with Gasteiger partial charge in [-0.1, -0.05) is 19.3 Å². The highest BCUT2D eigenvalue weighted by atomic mass is 16.3. The molecule has 3 heteroatoms. The van der Waals surface area contributed by atoms with Gasteiger partial charge >= 0.3 is 0 Å². The molecule has 1 aliphatic heterocycles. The molecular formula is C16H32N2O. The molecule has 19 heavy (non-hydrogen) atoms. The van der Waals surface area contributed by atoms with E-state index < -0.39 is 0 Å². The summed E-state index contributed by atoms with van der Waals surface area (Å²) < 4.78 is 0. The summed E-state index contributed by atoms with van der Waals surface area (Å²) in [6.45, 7) is 3.92. The molecule has 112 valence electrons. The predicted octanol–water partition coefficient (Wildman–Crippen LogP) is 2.25. The number of hydrogen-bond acceptors (Lipinski definition) is 3. The maximum absolute atomic E-state index is 9.42. The van der Waals surface area contributed by atoms with Crippen molar-refractivity contribution in [3.05, 3.63) is 0 Å². The standard InChI is InChI=1S/C16H32N2O/c1-18-11-5-4-8-16(18)9-10-17-12-14-6-2-3-7-15(14)13-19/h14-17,19H,2-13H2,1H3. The van der Waals surface area contributed by atoms with Gasteiger partial charge in [0.15, 0.2) is 0 Å². The second-order valence-electron chi connectivity index (χ2n) is 6.61. The average Bonchev–Trinajstić information content (AvgIpc) is 2.45. The van der Waals surface area contributed by atoms with Crippen LogP contribution in [0.25, 0.3) is 0 Å². The van der Waals surface area contributed by atoms with E-state index in [1.165, 1.54) is 57.9 Å². The largest absolute Gasteiger partial charge is 0.396 e. The number of aliphatic hydroxyl groups is 1. The zero-order chi connectivity index (χ0) is 13.5. The maximum atomic E-state index is 9.42. The van der Waals surface area contributed by atoms with Crippen LogP contribution in [0.1, 0.15) is 51.4 Å². The van der Waals surface area contributed by atoms with Gasteiger partial charge in [-0.3, -0.25) is 0 Å². The van der Waals surface area contributed by atoms with Crippen molar-refractivity contribution in [1.29, 1.82) is 0 Å². The van der Waals surface area contributed by atoms with Crippen LogP contribution in [0.2, 0.25) is 0 Å². The minimum Gasteiger partial charge on any atom is -0.396 e. The van der Waals surface area contributed by atoms with E-state index in [2.05, 4.69) is 17.3 Å². The molecule has 2 aliphatic rings. The molecular weight excluding hydrogens is 236 g/mol. The first-order valence-electron chi connectivity index (χ1n) is 8.33. The molecule has 1 saturated carbocycles. The molecule has 2 N–H and O–H groups in total.